The molecular weight excluding hydrogens is 241 g/mol. The Hall–Kier alpha value is -0.940. The van der Waals surface area contributed by atoms with Crippen molar-refractivity contribution in [1.29, 1.82) is 0 Å². The van der Waals surface area contributed by atoms with E-state index in [2.05, 4.69) is 5.32 Å². The molecule has 1 aromatic rings. The highest BCUT2D eigenvalue weighted by Gasteiger charge is 2.15. The SMILES string of the molecule is CNC(CCS(C)(=O)=O)c1cc(F)ccc1C. The molecule has 0 aliphatic rings. The zero-order valence-electron chi connectivity index (χ0n) is 10.3. The van der Waals surface area contributed by atoms with E-state index in [-0.39, 0.29) is 17.6 Å². The summed E-state index contributed by atoms with van der Waals surface area (Å²) in [6.07, 6.45) is 1.65. The molecule has 0 fully saturated rings. The standard InChI is InChI=1S/C12H18FNO2S/c1-9-4-5-10(13)8-11(9)12(14-2)6-7-17(3,15)16/h4-5,8,12,14H,6-7H2,1-3H3. The van der Waals surface area contributed by atoms with Crippen LogP contribution < -0.4 is 5.32 Å². The highest BCUT2D eigenvalue weighted by atomic mass is 32.2. The number of halogens is 1. The summed E-state index contributed by atoms with van der Waals surface area (Å²) in [4.78, 5) is 0. The fourth-order valence-electron chi connectivity index (χ4n) is 1.77. The van der Waals surface area contributed by atoms with Gasteiger partial charge in [0.25, 0.3) is 0 Å². The first-order chi connectivity index (χ1) is 7.83. The highest BCUT2D eigenvalue weighted by molar-refractivity contribution is 7.90. The van der Waals surface area contributed by atoms with E-state index in [1.807, 2.05) is 6.92 Å². The number of hydrogen-bond donors (Lipinski definition) is 1. The minimum atomic E-state index is -2.99. The predicted octanol–water partition coefficient (Wildman–Crippen LogP) is 1.83. The zero-order valence-corrected chi connectivity index (χ0v) is 11.1. The van der Waals surface area contributed by atoms with Crippen molar-refractivity contribution in [2.45, 2.75) is 19.4 Å². The summed E-state index contributed by atoms with van der Waals surface area (Å²) in [5.41, 5.74) is 1.77. The van der Waals surface area contributed by atoms with Crippen LogP contribution in [0.2, 0.25) is 0 Å². The lowest BCUT2D eigenvalue weighted by molar-refractivity contribution is 0.551. The third kappa shape index (κ3) is 4.44. The highest BCUT2D eigenvalue weighted by Crippen LogP contribution is 2.21. The second-order valence-electron chi connectivity index (χ2n) is 4.26. The van der Waals surface area contributed by atoms with Crippen molar-refractivity contribution in [2.75, 3.05) is 19.1 Å². The average molecular weight is 259 g/mol. The summed E-state index contributed by atoms with van der Waals surface area (Å²) in [5, 5.41) is 3.03. The van der Waals surface area contributed by atoms with E-state index in [4.69, 9.17) is 0 Å². The number of benzene rings is 1. The van der Waals surface area contributed by atoms with Crippen molar-refractivity contribution in [3.05, 3.63) is 35.1 Å². The Labute approximate surface area is 102 Å². The quantitative estimate of drug-likeness (QED) is 0.877. The lowest BCUT2D eigenvalue weighted by Gasteiger charge is -2.18. The van der Waals surface area contributed by atoms with Gasteiger partial charge in [-0.05, 0) is 43.7 Å². The fraction of sp³-hybridized carbons (Fsp3) is 0.500. The summed E-state index contributed by atoms with van der Waals surface area (Å²) in [6, 6.07) is 4.43. The van der Waals surface area contributed by atoms with Crippen molar-refractivity contribution in [1.82, 2.24) is 5.32 Å². The van der Waals surface area contributed by atoms with Gasteiger partial charge in [-0.25, -0.2) is 12.8 Å². The molecule has 3 nitrogen and oxygen atoms in total. The smallest absolute Gasteiger partial charge is 0.147 e. The molecule has 0 aliphatic heterocycles. The van der Waals surface area contributed by atoms with Gasteiger partial charge >= 0.3 is 0 Å². The van der Waals surface area contributed by atoms with E-state index in [0.29, 0.717) is 6.42 Å². The van der Waals surface area contributed by atoms with Gasteiger partial charge in [-0.15, -0.1) is 0 Å². The lowest BCUT2D eigenvalue weighted by atomic mass is 9.99. The maximum atomic E-state index is 13.2. The minimum absolute atomic E-state index is 0.0917. The summed E-state index contributed by atoms with van der Waals surface area (Å²) in [5.74, 6) is -0.209. The van der Waals surface area contributed by atoms with Crippen LogP contribution in [0, 0.1) is 12.7 Å². The molecule has 0 radical (unpaired) electrons. The Balaban J connectivity index is 2.90. The Morgan fingerprint density at radius 1 is 1.41 bits per heavy atom. The van der Waals surface area contributed by atoms with Crippen molar-refractivity contribution in [3.63, 3.8) is 0 Å². The molecule has 17 heavy (non-hydrogen) atoms. The van der Waals surface area contributed by atoms with Gasteiger partial charge in [0.2, 0.25) is 0 Å². The van der Waals surface area contributed by atoms with Crippen molar-refractivity contribution in [3.8, 4) is 0 Å². The predicted molar refractivity (Wildman–Crippen MR) is 67.3 cm³/mol. The molecule has 1 rings (SSSR count). The molecule has 96 valence electrons. The molecule has 1 unspecified atom stereocenters. The Morgan fingerprint density at radius 2 is 2.06 bits per heavy atom. The van der Waals surface area contributed by atoms with Gasteiger partial charge in [-0.3, -0.25) is 0 Å². The fourth-order valence-corrected chi connectivity index (χ4v) is 2.44. The minimum Gasteiger partial charge on any atom is -0.313 e. The van der Waals surface area contributed by atoms with E-state index in [9.17, 15) is 12.8 Å². The van der Waals surface area contributed by atoms with Gasteiger partial charge in [0, 0.05) is 12.3 Å². The summed E-state index contributed by atoms with van der Waals surface area (Å²) in [7, 11) is -1.25. The van der Waals surface area contributed by atoms with Gasteiger partial charge < -0.3 is 5.32 Å². The number of aryl methyl sites for hydroxylation is 1. The number of rotatable bonds is 5. The van der Waals surface area contributed by atoms with Gasteiger partial charge in [0.1, 0.15) is 15.7 Å². The molecule has 0 spiro atoms. The van der Waals surface area contributed by atoms with E-state index < -0.39 is 9.84 Å². The summed E-state index contributed by atoms with van der Waals surface area (Å²) in [6.45, 7) is 1.89. The van der Waals surface area contributed by atoms with E-state index >= 15 is 0 Å². The molecule has 5 heteroatoms. The van der Waals surface area contributed by atoms with Crippen LogP contribution in [0.4, 0.5) is 4.39 Å². The first-order valence-electron chi connectivity index (χ1n) is 5.44. The first kappa shape index (κ1) is 14.1. The third-order valence-electron chi connectivity index (χ3n) is 2.74. The number of nitrogens with one attached hydrogen (secondary N) is 1. The molecular formula is C12H18FNO2S. The van der Waals surface area contributed by atoms with Gasteiger partial charge in [0.15, 0.2) is 0 Å². The molecule has 0 bridgehead atoms. The zero-order chi connectivity index (χ0) is 13.1. The topological polar surface area (TPSA) is 46.2 Å². The van der Waals surface area contributed by atoms with Gasteiger partial charge in [-0.2, -0.15) is 0 Å². The largest absolute Gasteiger partial charge is 0.313 e. The molecule has 0 saturated carbocycles. The molecule has 1 aromatic carbocycles. The van der Waals surface area contributed by atoms with Crippen LogP contribution in [0.15, 0.2) is 18.2 Å². The normalized spacial score (nSPS) is 13.6. The first-order valence-corrected chi connectivity index (χ1v) is 7.50. The Bertz CT molecular complexity index is 485. The summed E-state index contributed by atoms with van der Waals surface area (Å²) >= 11 is 0. The Kier molecular flexibility index (Phi) is 4.65. The van der Waals surface area contributed by atoms with Gasteiger partial charge in [0.05, 0.1) is 5.75 Å². The second kappa shape index (κ2) is 5.60. The van der Waals surface area contributed by atoms with Crippen molar-refractivity contribution >= 4 is 9.84 Å². The number of hydrogen-bond acceptors (Lipinski definition) is 3. The maximum absolute atomic E-state index is 13.2. The molecule has 1 atom stereocenters. The van der Waals surface area contributed by atoms with Crippen molar-refractivity contribution < 1.29 is 12.8 Å². The van der Waals surface area contributed by atoms with Crippen LogP contribution >= 0.6 is 0 Å². The second-order valence-corrected chi connectivity index (χ2v) is 6.52. The van der Waals surface area contributed by atoms with Crippen LogP contribution in [-0.4, -0.2) is 27.5 Å². The third-order valence-corrected chi connectivity index (χ3v) is 3.72. The van der Waals surface area contributed by atoms with Crippen LogP contribution in [-0.2, 0) is 9.84 Å². The van der Waals surface area contributed by atoms with Crippen LogP contribution in [0.1, 0.15) is 23.6 Å². The lowest BCUT2D eigenvalue weighted by Crippen LogP contribution is -2.21. The van der Waals surface area contributed by atoms with Crippen LogP contribution in [0.3, 0.4) is 0 Å². The van der Waals surface area contributed by atoms with Crippen molar-refractivity contribution in [2.24, 2.45) is 0 Å². The van der Waals surface area contributed by atoms with E-state index in [1.54, 1.807) is 13.1 Å². The molecule has 0 aromatic heterocycles. The molecule has 0 heterocycles. The van der Waals surface area contributed by atoms with E-state index in [1.165, 1.54) is 18.4 Å². The Morgan fingerprint density at radius 3 is 2.59 bits per heavy atom. The monoisotopic (exact) mass is 259 g/mol. The molecule has 0 aliphatic carbocycles. The maximum Gasteiger partial charge on any atom is 0.147 e. The molecule has 0 saturated heterocycles. The van der Waals surface area contributed by atoms with Crippen LogP contribution in [0.25, 0.3) is 0 Å². The molecule has 1 N–H and O–H groups in total. The van der Waals surface area contributed by atoms with E-state index in [0.717, 1.165) is 11.1 Å². The summed E-state index contributed by atoms with van der Waals surface area (Å²) < 4.78 is 35.4. The average Bonchev–Trinajstić information content (AvgIpc) is 2.22. The number of sulfone groups is 1. The molecule has 0 amide bonds. The van der Waals surface area contributed by atoms with Crippen LogP contribution in [0.5, 0.6) is 0 Å². The van der Waals surface area contributed by atoms with Gasteiger partial charge in [-0.1, -0.05) is 6.07 Å².